The van der Waals surface area contributed by atoms with Crippen LogP contribution in [0, 0.1) is 0 Å². The highest BCUT2D eigenvalue weighted by atomic mass is 32.2. The molecule has 1 aliphatic heterocycles. The Kier molecular flexibility index (Phi) is 7.09. The molecule has 4 aromatic rings. The molecule has 0 radical (unpaired) electrons. The second-order valence-electron chi connectivity index (χ2n) is 9.29. The van der Waals surface area contributed by atoms with Crippen molar-refractivity contribution in [1.82, 2.24) is 0 Å². The lowest BCUT2D eigenvalue weighted by Crippen LogP contribution is -2.45. The molecule has 0 saturated heterocycles. The van der Waals surface area contributed by atoms with Crippen LogP contribution in [0.15, 0.2) is 95.9 Å². The summed E-state index contributed by atoms with van der Waals surface area (Å²) < 4.78 is 72.2. The number of hydrogen-bond acceptors (Lipinski definition) is 7. The lowest BCUT2D eigenvalue weighted by molar-refractivity contribution is 0.0733. The van der Waals surface area contributed by atoms with Gasteiger partial charge in [0.1, 0.15) is 18.1 Å². The Morgan fingerprint density at radius 1 is 0.825 bits per heavy atom. The van der Waals surface area contributed by atoms with Gasteiger partial charge in [0.25, 0.3) is 10.0 Å². The van der Waals surface area contributed by atoms with Crippen LogP contribution >= 0.6 is 0 Å². The number of primary sulfonamides is 1. The Morgan fingerprint density at radius 3 is 2.17 bits per heavy atom. The maximum Gasteiger partial charge on any atom is 0.273 e. The van der Waals surface area contributed by atoms with Crippen LogP contribution in [0.3, 0.4) is 0 Å². The van der Waals surface area contributed by atoms with E-state index < -0.39 is 25.0 Å². The molecule has 1 aliphatic rings. The van der Waals surface area contributed by atoms with Crippen LogP contribution < -0.4 is 18.9 Å². The van der Waals surface area contributed by atoms with Crippen molar-refractivity contribution in [2.75, 3.05) is 18.5 Å². The van der Waals surface area contributed by atoms with Crippen molar-refractivity contribution < 1.29 is 31.0 Å². The number of rotatable bonds is 8. The van der Waals surface area contributed by atoms with Gasteiger partial charge >= 0.3 is 0 Å². The highest BCUT2D eigenvalue weighted by molar-refractivity contribution is 7.94. The molecule has 4 aromatic carbocycles. The van der Waals surface area contributed by atoms with Crippen LogP contribution in [0.2, 0.25) is 0 Å². The molecule has 1 unspecified atom stereocenters. The Morgan fingerprint density at radius 2 is 1.50 bits per heavy atom. The van der Waals surface area contributed by atoms with E-state index in [1.54, 1.807) is 55.6 Å². The van der Waals surface area contributed by atoms with Gasteiger partial charge in [-0.25, -0.2) is 26.3 Å². The average molecular weight is 581 g/mol. The van der Waals surface area contributed by atoms with Gasteiger partial charge in [-0.05, 0) is 60.5 Å². The Bertz CT molecular complexity index is 1790. The summed E-state index contributed by atoms with van der Waals surface area (Å²) in [5, 5.41) is 5.47. The van der Waals surface area contributed by atoms with Crippen molar-refractivity contribution >= 4 is 31.4 Å². The molecule has 0 fully saturated rings. The first-order chi connectivity index (χ1) is 19.0. The maximum atomic E-state index is 14.6. The summed E-state index contributed by atoms with van der Waals surface area (Å²) in [5.41, 5.74) is 3.07. The van der Waals surface area contributed by atoms with Crippen molar-refractivity contribution in [3.8, 4) is 22.6 Å². The molecule has 2 N–H and O–H groups in total. The molecule has 1 atom stereocenters. The summed E-state index contributed by atoms with van der Waals surface area (Å²) in [5.74, 6) is 1.33. The fourth-order valence-electron chi connectivity index (χ4n) is 4.82. The van der Waals surface area contributed by atoms with Gasteiger partial charge in [0.15, 0.2) is 0 Å². The third-order valence-electron chi connectivity index (χ3n) is 6.98. The van der Waals surface area contributed by atoms with E-state index in [0.29, 0.717) is 22.9 Å². The second-order valence-corrected chi connectivity index (χ2v) is 12.9. The van der Waals surface area contributed by atoms with Gasteiger partial charge in [-0.1, -0.05) is 42.5 Å². The van der Waals surface area contributed by atoms with Gasteiger partial charge in [0.2, 0.25) is 15.0 Å². The number of sulfonamides is 2. The molecule has 1 heterocycles. The number of benzene rings is 4. The summed E-state index contributed by atoms with van der Waals surface area (Å²) in [7, 11) is -6.00. The first kappa shape index (κ1) is 27.7. The Hall–Kier alpha value is -3.90. The van der Waals surface area contributed by atoms with Gasteiger partial charge < -0.3 is 14.2 Å². The SMILES string of the molecule is COc1ccc2c(c1)OCc1cc(N(c3ccccc3)S(=O)(=O)C(C)(OC)c3ccccc3S(N)(=O)=O)ccc1-2. The number of nitrogens with zero attached hydrogens (tertiary/aromatic N) is 1. The Labute approximate surface area is 233 Å². The molecular formula is C29H28N2O7S2. The second kappa shape index (κ2) is 10.3. The molecule has 0 aliphatic carbocycles. The number of nitrogens with two attached hydrogens (primary N) is 1. The topological polar surface area (TPSA) is 125 Å². The number of hydrogen-bond donors (Lipinski definition) is 1. The molecule has 5 rings (SSSR count). The van der Waals surface area contributed by atoms with E-state index in [2.05, 4.69) is 0 Å². The van der Waals surface area contributed by atoms with E-state index in [1.165, 1.54) is 38.3 Å². The molecule has 0 bridgehead atoms. The standard InChI is InChI=1S/C29H28N2O7S2/c1-29(37-3,26-11-7-8-12-28(26)39(30,32)33)40(34,35)31(21-9-5-4-6-10-21)22-13-15-24-20(17-22)19-38-27-18-23(36-2)14-16-25(24)27/h4-18H,19H2,1-3H3,(H2,30,32,33). The van der Waals surface area contributed by atoms with Gasteiger partial charge in [-0.3, -0.25) is 0 Å². The zero-order chi connectivity index (χ0) is 28.7. The normalized spacial score (nSPS) is 14.3. The lowest BCUT2D eigenvalue weighted by Gasteiger charge is -2.36. The van der Waals surface area contributed by atoms with Gasteiger partial charge in [0.05, 0.1) is 23.4 Å². The first-order valence-electron chi connectivity index (χ1n) is 12.2. The summed E-state index contributed by atoms with van der Waals surface area (Å²) in [4.78, 5) is -2.48. The molecule has 9 nitrogen and oxygen atoms in total. The number of para-hydroxylation sites is 1. The predicted octanol–water partition coefficient (Wildman–Crippen LogP) is 4.89. The fourth-order valence-corrected chi connectivity index (χ4v) is 7.53. The molecule has 0 spiro atoms. The number of methoxy groups -OCH3 is 2. The molecule has 0 amide bonds. The van der Waals surface area contributed by atoms with E-state index in [9.17, 15) is 16.8 Å². The van der Waals surface area contributed by atoms with Crippen LogP contribution in [0.1, 0.15) is 18.1 Å². The monoisotopic (exact) mass is 580 g/mol. The van der Waals surface area contributed by atoms with E-state index in [0.717, 1.165) is 21.0 Å². The smallest absolute Gasteiger partial charge is 0.273 e. The minimum absolute atomic E-state index is 0.106. The van der Waals surface area contributed by atoms with Crippen molar-refractivity contribution in [2.45, 2.75) is 23.4 Å². The Balaban J connectivity index is 1.70. The fraction of sp³-hybridized carbons (Fsp3) is 0.172. The van der Waals surface area contributed by atoms with Gasteiger partial charge in [0, 0.05) is 24.3 Å². The van der Waals surface area contributed by atoms with Crippen LogP contribution in [0.4, 0.5) is 11.4 Å². The first-order valence-corrected chi connectivity index (χ1v) is 15.2. The molecule has 11 heteroatoms. The number of fused-ring (bicyclic) bond motifs is 3. The number of ether oxygens (including phenoxy) is 3. The largest absolute Gasteiger partial charge is 0.497 e. The molecular weight excluding hydrogens is 552 g/mol. The van der Waals surface area contributed by atoms with Gasteiger partial charge in [-0.2, -0.15) is 0 Å². The van der Waals surface area contributed by atoms with E-state index >= 15 is 0 Å². The van der Waals surface area contributed by atoms with Crippen LogP contribution in [-0.4, -0.2) is 31.1 Å². The van der Waals surface area contributed by atoms with Crippen molar-refractivity contribution in [1.29, 1.82) is 0 Å². The van der Waals surface area contributed by atoms with E-state index in [-0.39, 0.29) is 17.1 Å². The van der Waals surface area contributed by atoms with Crippen molar-refractivity contribution in [3.05, 3.63) is 102 Å². The van der Waals surface area contributed by atoms with Crippen LogP contribution in [0.5, 0.6) is 11.5 Å². The maximum absolute atomic E-state index is 14.6. The summed E-state index contributed by atoms with van der Waals surface area (Å²) in [6, 6.07) is 25.0. The summed E-state index contributed by atoms with van der Waals surface area (Å²) >= 11 is 0. The zero-order valence-corrected chi connectivity index (χ0v) is 23.7. The minimum atomic E-state index is -4.52. The van der Waals surface area contributed by atoms with Crippen LogP contribution in [0.25, 0.3) is 11.1 Å². The lowest BCUT2D eigenvalue weighted by atomic mass is 9.96. The van der Waals surface area contributed by atoms with Crippen molar-refractivity contribution in [2.24, 2.45) is 5.14 Å². The minimum Gasteiger partial charge on any atom is -0.497 e. The van der Waals surface area contributed by atoms with Gasteiger partial charge in [-0.15, -0.1) is 0 Å². The zero-order valence-electron chi connectivity index (χ0n) is 22.1. The summed E-state index contributed by atoms with van der Waals surface area (Å²) in [6.07, 6.45) is 0. The quantitative estimate of drug-likeness (QED) is 0.315. The van der Waals surface area contributed by atoms with E-state index in [1.807, 2.05) is 18.2 Å². The summed E-state index contributed by atoms with van der Waals surface area (Å²) in [6.45, 7) is 1.52. The highest BCUT2D eigenvalue weighted by Crippen LogP contribution is 2.45. The molecule has 0 saturated carbocycles. The van der Waals surface area contributed by atoms with Crippen molar-refractivity contribution in [3.63, 3.8) is 0 Å². The van der Waals surface area contributed by atoms with E-state index in [4.69, 9.17) is 19.3 Å². The third-order valence-corrected chi connectivity index (χ3v) is 10.2. The molecule has 0 aromatic heterocycles. The third kappa shape index (κ3) is 4.60. The average Bonchev–Trinajstić information content (AvgIpc) is 2.96. The van der Waals surface area contributed by atoms with Crippen LogP contribution in [-0.2, 0) is 36.3 Å². The molecule has 208 valence electrons. The predicted molar refractivity (Wildman–Crippen MR) is 152 cm³/mol. The number of anilines is 2. The highest BCUT2D eigenvalue weighted by Gasteiger charge is 2.48. The molecule has 40 heavy (non-hydrogen) atoms.